The van der Waals surface area contributed by atoms with E-state index in [4.69, 9.17) is 5.73 Å². The van der Waals surface area contributed by atoms with Gasteiger partial charge in [-0.05, 0) is 45.3 Å². The van der Waals surface area contributed by atoms with E-state index in [-0.39, 0.29) is 12.1 Å². The highest BCUT2D eigenvalue weighted by molar-refractivity contribution is 9.10. The zero-order chi connectivity index (χ0) is 14.4. The van der Waals surface area contributed by atoms with Crippen molar-refractivity contribution in [2.45, 2.75) is 25.4 Å². The predicted molar refractivity (Wildman–Crippen MR) is 86.3 cm³/mol. The molecular weight excluding hydrogens is 302 g/mol. The third-order valence-electron chi connectivity index (χ3n) is 3.46. The Bertz CT molecular complexity index is 364. The maximum Gasteiger partial charge on any atom is 0.0496 e. The average Bonchev–Trinajstić information content (AvgIpc) is 2.38. The van der Waals surface area contributed by atoms with Crippen molar-refractivity contribution in [3.63, 3.8) is 0 Å². The van der Waals surface area contributed by atoms with E-state index in [1.54, 1.807) is 0 Å². The monoisotopic (exact) mass is 327 g/mol. The summed E-state index contributed by atoms with van der Waals surface area (Å²) in [6.07, 6.45) is 0.979. The number of hydrogen-bond acceptors (Lipinski definition) is 3. The van der Waals surface area contributed by atoms with E-state index in [1.807, 2.05) is 0 Å². The largest absolute Gasteiger partial charge is 0.326 e. The molecule has 1 aromatic rings. The molecule has 0 bridgehead atoms. The van der Waals surface area contributed by atoms with E-state index >= 15 is 0 Å². The minimum atomic E-state index is 0.160. The fourth-order valence-corrected chi connectivity index (χ4v) is 2.47. The lowest BCUT2D eigenvalue weighted by Crippen LogP contribution is -2.41. The molecule has 0 amide bonds. The van der Waals surface area contributed by atoms with Gasteiger partial charge in [-0.3, -0.25) is 4.90 Å². The summed E-state index contributed by atoms with van der Waals surface area (Å²) in [7, 11) is 6.36. The zero-order valence-electron chi connectivity index (χ0n) is 12.4. The molecule has 0 radical (unpaired) electrons. The van der Waals surface area contributed by atoms with Crippen molar-refractivity contribution in [1.29, 1.82) is 0 Å². The molecule has 0 saturated carbocycles. The molecule has 0 heterocycles. The Morgan fingerprint density at radius 1 is 1.11 bits per heavy atom. The highest BCUT2D eigenvalue weighted by atomic mass is 79.9. The van der Waals surface area contributed by atoms with Gasteiger partial charge in [0.05, 0.1) is 0 Å². The van der Waals surface area contributed by atoms with Crippen LogP contribution >= 0.6 is 15.9 Å². The topological polar surface area (TPSA) is 32.5 Å². The van der Waals surface area contributed by atoms with Crippen molar-refractivity contribution < 1.29 is 0 Å². The van der Waals surface area contributed by atoms with Gasteiger partial charge >= 0.3 is 0 Å². The Balaban J connectivity index is 2.85. The number of benzene rings is 1. The number of halogens is 1. The van der Waals surface area contributed by atoms with Crippen molar-refractivity contribution in [3.8, 4) is 0 Å². The molecule has 3 nitrogen and oxygen atoms in total. The van der Waals surface area contributed by atoms with Gasteiger partial charge in [-0.25, -0.2) is 0 Å². The first-order valence-corrected chi connectivity index (χ1v) is 7.61. The van der Waals surface area contributed by atoms with Crippen molar-refractivity contribution in [3.05, 3.63) is 34.3 Å². The molecule has 4 heteroatoms. The van der Waals surface area contributed by atoms with Crippen LogP contribution in [0, 0.1) is 0 Å². The Morgan fingerprint density at radius 3 is 2.16 bits per heavy atom. The molecule has 1 aromatic carbocycles. The summed E-state index contributed by atoms with van der Waals surface area (Å²) in [6, 6.07) is 8.94. The van der Waals surface area contributed by atoms with E-state index in [1.165, 1.54) is 5.56 Å². The smallest absolute Gasteiger partial charge is 0.0496 e. The Hall–Kier alpha value is -0.420. The molecular formula is C15H26BrN3. The highest BCUT2D eigenvalue weighted by Crippen LogP contribution is 2.25. The van der Waals surface area contributed by atoms with Crippen LogP contribution in [0.25, 0.3) is 0 Å². The Labute approximate surface area is 125 Å². The van der Waals surface area contributed by atoms with Crippen molar-refractivity contribution in [1.82, 2.24) is 9.80 Å². The van der Waals surface area contributed by atoms with Crippen LogP contribution in [-0.2, 0) is 0 Å². The standard InChI is InChI=1S/C15H26BrN3/c1-5-14(17)15(19(4)11-10-18(2)3)12-6-8-13(16)9-7-12/h6-9,14-15H,5,10-11,17H2,1-4H3. The predicted octanol–water partition coefficient (Wildman–Crippen LogP) is 2.72. The first-order chi connectivity index (χ1) is 8.95. The third-order valence-corrected chi connectivity index (χ3v) is 3.99. The summed E-state index contributed by atoms with van der Waals surface area (Å²) in [5, 5.41) is 0. The first kappa shape index (κ1) is 16.6. The van der Waals surface area contributed by atoms with Crippen LogP contribution in [0.1, 0.15) is 24.9 Å². The second-order valence-electron chi connectivity index (χ2n) is 5.35. The average molecular weight is 328 g/mol. The lowest BCUT2D eigenvalue weighted by atomic mass is 9.97. The Kier molecular flexibility index (Phi) is 7.00. The van der Waals surface area contributed by atoms with Crippen molar-refractivity contribution >= 4 is 15.9 Å². The quantitative estimate of drug-likeness (QED) is 0.835. The maximum atomic E-state index is 6.33. The highest BCUT2D eigenvalue weighted by Gasteiger charge is 2.22. The van der Waals surface area contributed by atoms with Gasteiger partial charge in [0.1, 0.15) is 0 Å². The normalized spacial score (nSPS) is 14.9. The van der Waals surface area contributed by atoms with Gasteiger partial charge in [0.15, 0.2) is 0 Å². The van der Waals surface area contributed by atoms with Crippen LogP contribution in [0.3, 0.4) is 0 Å². The van der Waals surface area contributed by atoms with Crippen LogP contribution < -0.4 is 5.73 Å². The fourth-order valence-electron chi connectivity index (χ4n) is 2.21. The fraction of sp³-hybridized carbons (Fsp3) is 0.600. The minimum Gasteiger partial charge on any atom is -0.326 e. The van der Waals surface area contributed by atoms with Crippen LogP contribution in [0.4, 0.5) is 0 Å². The van der Waals surface area contributed by atoms with E-state index in [9.17, 15) is 0 Å². The lowest BCUT2D eigenvalue weighted by Gasteiger charge is -2.33. The second-order valence-corrected chi connectivity index (χ2v) is 6.27. The number of nitrogens with two attached hydrogens (primary N) is 1. The molecule has 2 unspecified atom stereocenters. The summed E-state index contributed by atoms with van der Waals surface area (Å²) >= 11 is 3.48. The zero-order valence-corrected chi connectivity index (χ0v) is 14.0. The third kappa shape index (κ3) is 5.22. The van der Waals surface area contributed by atoms with E-state index in [2.05, 4.69) is 78.1 Å². The second kappa shape index (κ2) is 8.00. The molecule has 2 N–H and O–H groups in total. The summed E-state index contributed by atoms with van der Waals surface area (Å²) in [5.74, 6) is 0. The number of rotatable bonds is 7. The molecule has 0 aliphatic carbocycles. The van der Waals surface area contributed by atoms with Crippen molar-refractivity contribution in [2.75, 3.05) is 34.2 Å². The van der Waals surface area contributed by atoms with Crippen LogP contribution in [-0.4, -0.2) is 50.1 Å². The molecule has 1 rings (SSSR count). The van der Waals surface area contributed by atoms with E-state index in [0.29, 0.717) is 0 Å². The summed E-state index contributed by atoms with van der Waals surface area (Å²) < 4.78 is 1.11. The van der Waals surface area contributed by atoms with Gasteiger partial charge in [-0.15, -0.1) is 0 Å². The number of nitrogens with zero attached hydrogens (tertiary/aromatic N) is 2. The van der Waals surface area contributed by atoms with Crippen LogP contribution in [0.2, 0.25) is 0 Å². The van der Waals surface area contributed by atoms with Gasteiger partial charge in [-0.1, -0.05) is 35.0 Å². The molecule has 0 saturated heterocycles. The van der Waals surface area contributed by atoms with Gasteiger partial charge in [0.25, 0.3) is 0 Å². The van der Waals surface area contributed by atoms with Crippen LogP contribution in [0.15, 0.2) is 28.7 Å². The number of hydrogen-bond donors (Lipinski definition) is 1. The Morgan fingerprint density at radius 2 is 1.68 bits per heavy atom. The molecule has 0 aliphatic rings. The molecule has 0 aliphatic heterocycles. The SMILES string of the molecule is CCC(N)C(c1ccc(Br)cc1)N(C)CCN(C)C. The molecule has 2 atom stereocenters. The van der Waals surface area contributed by atoms with E-state index in [0.717, 1.165) is 24.0 Å². The van der Waals surface area contributed by atoms with Crippen LogP contribution in [0.5, 0.6) is 0 Å². The first-order valence-electron chi connectivity index (χ1n) is 6.81. The molecule has 0 spiro atoms. The molecule has 108 valence electrons. The molecule has 0 fully saturated rings. The summed E-state index contributed by atoms with van der Waals surface area (Å²) in [5.41, 5.74) is 7.62. The van der Waals surface area contributed by atoms with Gasteiger partial charge < -0.3 is 10.6 Å². The lowest BCUT2D eigenvalue weighted by molar-refractivity contribution is 0.191. The van der Waals surface area contributed by atoms with Gasteiger partial charge in [0, 0.05) is 29.6 Å². The van der Waals surface area contributed by atoms with E-state index < -0.39 is 0 Å². The minimum absolute atomic E-state index is 0.160. The number of likely N-dealkylation sites (N-methyl/N-ethyl adjacent to an activating group) is 2. The summed E-state index contributed by atoms with van der Waals surface area (Å²) in [6.45, 7) is 4.21. The molecule has 0 aromatic heterocycles. The van der Waals surface area contributed by atoms with Gasteiger partial charge in [0.2, 0.25) is 0 Å². The summed E-state index contributed by atoms with van der Waals surface area (Å²) in [4.78, 5) is 4.56. The van der Waals surface area contributed by atoms with Gasteiger partial charge in [-0.2, -0.15) is 0 Å². The maximum absolute atomic E-state index is 6.33. The van der Waals surface area contributed by atoms with Crippen molar-refractivity contribution in [2.24, 2.45) is 5.73 Å². The molecule has 19 heavy (non-hydrogen) atoms.